The van der Waals surface area contributed by atoms with Crippen molar-refractivity contribution >= 4 is 6.03 Å². The molecule has 1 rings (SSSR count). The molecule has 0 saturated heterocycles. The van der Waals surface area contributed by atoms with Gasteiger partial charge in [-0.05, 0) is 30.6 Å². The van der Waals surface area contributed by atoms with Crippen LogP contribution in [-0.4, -0.2) is 12.1 Å². The van der Waals surface area contributed by atoms with Crippen LogP contribution >= 0.6 is 0 Å². The molecule has 1 fully saturated rings. The van der Waals surface area contributed by atoms with E-state index in [9.17, 15) is 4.79 Å². The van der Waals surface area contributed by atoms with Crippen LogP contribution in [0.3, 0.4) is 0 Å². The standard InChI is InChI=1S/C11H22N2O/c1-4-10(7(2)3)8-5-9(6-8)13-11(12)14/h7-10H,4-6H2,1-3H3,(H3,12,13,14)/t8-,9-,10?. The van der Waals surface area contributed by atoms with Crippen LogP contribution in [0, 0.1) is 17.8 Å². The zero-order valence-electron chi connectivity index (χ0n) is 9.42. The third-order valence-electron chi connectivity index (χ3n) is 3.45. The summed E-state index contributed by atoms with van der Waals surface area (Å²) >= 11 is 0. The molecule has 0 aliphatic heterocycles. The Labute approximate surface area is 86.4 Å². The zero-order chi connectivity index (χ0) is 10.7. The topological polar surface area (TPSA) is 55.1 Å². The van der Waals surface area contributed by atoms with Crippen molar-refractivity contribution in [3.8, 4) is 0 Å². The Kier molecular flexibility index (Phi) is 3.78. The van der Waals surface area contributed by atoms with E-state index in [2.05, 4.69) is 26.1 Å². The summed E-state index contributed by atoms with van der Waals surface area (Å²) < 4.78 is 0. The number of hydrogen-bond acceptors (Lipinski definition) is 1. The molecule has 0 aromatic heterocycles. The number of amides is 2. The molecule has 3 heteroatoms. The lowest BCUT2D eigenvalue weighted by Gasteiger charge is -2.42. The Morgan fingerprint density at radius 3 is 2.43 bits per heavy atom. The summed E-state index contributed by atoms with van der Waals surface area (Å²) in [6, 6.07) is -0.0451. The van der Waals surface area contributed by atoms with E-state index in [0.29, 0.717) is 6.04 Å². The molecule has 1 unspecified atom stereocenters. The average molecular weight is 198 g/mol. The van der Waals surface area contributed by atoms with Gasteiger partial charge in [0.2, 0.25) is 0 Å². The first-order valence-electron chi connectivity index (χ1n) is 5.60. The highest BCUT2D eigenvalue weighted by molar-refractivity contribution is 5.72. The van der Waals surface area contributed by atoms with Crippen molar-refractivity contribution in [1.29, 1.82) is 0 Å². The second-order valence-corrected chi connectivity index (χ2v) is 4.75. The highest BCUT2D eigenvalue weighted by Crippen LogP contribution is 2.39. The third kappa shape index (κ3) is 2.63. The van der Waals surface area contributed by atoms with Crippen molar-refractivity contribution in [1.82, 2.24) is 5.32 Å². The first kappa shape index (κ1) is 11.3. The Morgan fingerprint density at radius 1 is 1.50 bits per heavy atom. The van der Waals surface area contributed by atoms with Gasteiger partial charge in [-0.2, -0.15) is 0 Å². The van der Waals surface area contributed by atoms with Gasteiger partial charge in [-0.1, -0.05) is 27.2 Å². The van der Waals surface area contributed by atoms with Crippen molar-refractivity contribution in [3.05, 3.63) is 0 Å². The van der Waals surface area contributed by atoms with E-state index in [0.717, 1.165) is 30.6 Å². The third-order valence-corrected chi connectivity index (χ3v) is 3.45. The molecule has 1 aliphatic rings. The predicted molar refractivity (Wildman–Crippen MR) is 57.9 cm³/mol. The van der Waals surface area contributed by atoms with Crippen molar-refractivity contribution in [2.75, 3.05) is 0 Å². The van der Waals surface area contributed by atoms with Crippen LogP contribution in [0.15, 0.2) is 0 Å². The molecule has 0 heterocycles. The number of rotatable bonds is 4. The van der Waals surface area contributed by atoms with Gasteiger partial charge >= 0.3 is 6.03 Å². The molecule has 2 amide bonds. The average Bonchev–Trinajstić information content (AvgIpc) is 1.99. The van der Waals surface area contributed by atoms with Gasteiger partial charge in [0.25, 0.3) is 0 Å². The van der Waals surface area contributed by atoms with E-state index in [4.69, 9.17) is 5.73 Å². The van der Waals surface area contributed by atoms with Crippen molar-refractivity contribution in [2.45, 2.75) is 46.1 Å². The van der Waals surface area contributed by atoms with Gasteiger partial charge in [-0.15, -0.1) is 0 Å². The quantitative estimate of drug-likeness (QED) is 0.714. The minimum Gasteiger partial charge on any atom is -0.352 e. The molecule has 1 saturated carbocycles. The van der Waals surface area contributed by atoms with Gasteiger partial charge in [-0.3, -0.25) is 0 Å². The first-order valence-corrected chi connectivity index (χ1v) is 5.60. The number of nitrogens with two attached hydrogens (primary N) is 1. The Balaban J connectivity index is 2.28. The summed E-state index contributed by atoms with van der Waals surface area (Å²) in [7, 11) is 0. The Bertz CT molecular complexity index is 197. The molecule has 1 atom stereocenters. The summed E-state index contributed by atoms with van der Waals surface area (Å²) in [5, 5.41) is 2.77. The lowest BCUT2D eigenvalue weighted by atomic mass is 9.68. The van der Waals surface area contributed by atoms with Gasteiger partial charge in [0, 0.05) is 6.04 Å². The van der Waals surface area contributed by atoms with Crippen molar-refractivity contribution in [3.63, 3.8) is 0 Å². The molecule has 0 aromatic rings. The molecular formula is C11H22N2O. The second kappa shape index (κ2) is 4.67. The number of carbonyl (C=O) groups excluding carboxylic acids is 1. The summed E-state index contributed by atoms with van der Waals surface area (Å²) in [5.74, 6) is 2.34. The predicted octanol–water partition coefficient (Wildman–Crippen LogP) is 2.12. The number of hydrogen-bond donors (Lipinski definition) is 2. The van der Waals surface area contributed by atoms with Gasteiger partial charge in [0.15, 0.2) is 0 Å². The van der Waals surface area contributed by atoms with Crippen molar-refractivity contribution < 1.29 is 4.79 Å². The molecule has 0 aromatic carbocycles. The minimum absolute atomic E-state index is 0.338. The summed E-state index contributed by atoms with van der Waals surface area (Å²) in [6.45, 7) is 6.81. The lowest BCUT2D eigenvalue weighted by molar-refractivity contribution is 0.118. The fraction of sp³-hybridized carbons (Fsp3) is 0.909. The van der Waals surface area contributed by atoms with E-state index in [1.54, 1.807) is 0 Å². The van der Waals surface area contributed by atoms with Crippen LogP contribution in [0.1, 0.15) is 40.0 Å². The van der Waals surface area contributed by atoms with Crippen LogP contribution in [0.25, 0.3) is 0 Å². The maximum atomic E-state index is 10.6. The minimum atomic E-state index is -0.383. The second-order valence-electron chi connectivity index (χ2n) is 4.75. The summed E-state index contributed by atoms with van der Waals surface area (Å²) in [6.07, 6.45) is 3.46. The van der Waals surface area contributed by atoms with Gasteiger partial charge in [-0.25, -0.2) is 4.79 Å². The van der Waals surface area contributed by atoms with Crippen LogP contribution in [0.4, 0.5) is 4.79 Å². The maximum absolute atomic E-state index is 10.6. The van der Waals surface area contributed by atoms with Gasteiger partial charge in [0.1, 0.15) is 0 Å². The number of primary amides is 1. The van der Waals surface area contributed by atoms with E-state index < -0.39 is 0 Å². The molecule has 0 radical (unpaired) electrons. The van der Waals surface area contributed by atoms with Gasteiger partial charge in [0.05, 0.1) is 0 Å². The lowest BCUT2D eigenvalue weighted by Crippen LogP contribution is -2.48. The number of urea groups is 1. The molecule has 0 spiro atoms. The molecule has 1 aliphatic carbocycles. The SMILES string of the molecule is CCC(C(C)C)[C@H]1C[C@H](NC(N)=O)C1. The van der Waals surface area contributed by atoms with Crippen LogP contribution < -0.4 is 11.1 Å². The maximum Gasteiger partial charge on any atom is 0.312 e. The highest BCUT2D eigenvalue weighted by atomic mass is 16.2. The van der Waals surface area contributed by atoms with Crippen LogP contribution in [-0.2, 0) is 0 Å². The summed E-state index contributed by atoms with van der Waals surface area (Å²) in [5.41, 5.74) is 5.07. The molecule has 3 nitrogen and oxygen atoms in total. The fourth-order valence-corrected chi connectivity index (χ4v) is 2.68. The number of carbonyl (C=O) groups is 1. The molecule has 0 bridgehead atoms. The Hall–Kier alpha value is -0.730. The normalized spacial score (nSPS) is 28.3. The van der Waals surface area contributed by atoms with Crippen LogP contribution in [0.2, 0.25) is 0 Å². The van der Waals surface area contributed by atoms with E-state index in [-0.39, 0.29) is 6.03 Å². The fourth-order valence-electron chi connectivity index (χ4n) is 2.68. The van der Waals surface area contributed by atoms with E-state index in [1.807, 2.05) is 0 Å². The highest BCUT2D eigenvalue weighted by Gasteiger charge is 2.35. The molecular weight excluding hydrogens is 176 g/mol. The summed E-state index contributed by atoms with van der Waals surface area (Å²) in [4.78, 5) is 10.6. The van der Waals surface area contributed by atoms with E-state index in [1.165, 1.54) is 6.42 Å². The van der Waals surface area contributed by atoms with Gasteiger partial charge < -0.3 is 11.1 Å². The largest absolute Gasteiger partial charge is 0.352 e. The van der Waals surface area contributed by atoms with Crippen molar-refractivity contribution in [2.24, 2.45) is 23.5 Å². The molecule has 82 valence electrons. The zero-order valence-corrected chi connectivity index (χ0v) is 9.42. The van der Waals surface area contributed by atoms with E-state index >= 15 is 0 Å². The first-order chi connectivity index (χ1) is 6.54. The molecule has 14 heavy (non-hydrogen) atoms. The smallest absolute Gasteiger partial charge is 0.312 e. The molecule has 3 N–H and O–H groups in total. The number of nitrogens with one attached hydrogen (secondary N) is 1. The van der Waals surface area contributed by atoms with Crippen LogP contribution in [0.5, 0.6) is 0 Å². The monoisotopic (exact) mass is 198 g/mol. The Morgan fingerprint density at radius 2 is 2.07 bits per heavy atom.